The molecule has 6 heteroatoms. The van der Waals surface area contributed by atoms with Gasteiger partial charge in [-0.2, -0.15) is 8.78 Å². The summed E-state index contributed by atoms with van der Waals surface area (Å²) in [6.45, 7) is 4.48. The number of aliphatic hydroxyl groups excluding tert-OH is 1. The third-order valence-electron chi connectivity index (χ3n) is 2.80. The summed E-state index contributed by atoms with van der Waals surface area (Å²) in [7, 11) is 0. The fraction of sp³-hybridized carbons (Fsp3) is 0.571. The van der Waals surface area contributed by atoms with Gasteiger partial charge in [-0.05, 0) is 24.5 Å². The molecular formula is C14H21F2NO2S. The summed E-state index contributed by atoms with van der Waals surface area (Å²) in [6.07, 6.45) is 0. The lowest BCUT2D eigenvalue weighted by molar-refractivity contribution is -0.0556. The van der Waals surface area contributed by atoms with E-state index < -0.39 is 23.9 Å². The molecular weight excluding hydrogens is 284 g/mol. The van der Waals surface area contributed by atoms with E-state index >= 15 is 0 Å². The molecule has 1 aromatic rings. The Morgan fingerprint density at radius 3 is 2.55 bits per heavy atom. The zero-order valence-electron chi connectivity index (χ0n) is 11.9. The highest BCUT2D eigenvalue weighted by Crippen LogP contribution is 2.29. The first-order valence-electron chi connectivity index (χ1n) is 6.50. The largest absolute Gasteiger partial charge is 0.598 e. The van der Waals surface area contributed by atoms with Crippen LogP contribution >= 0.6 is 0 Å². The SMILES string of the molecule is CC(C)C[S+]([O-])N[C@H](C)c1cccc(C(F)(F)CO)c1. The van der Waals surface area contributed by atoms with Gasteiger partial charge in [-0.15, -0.1) is 4.72 Å². The molecule has 20 heavy (non-hydrogen) atoms. The first kappa shape index (κ1) is 17.4. The maximum Gasteiger partial charge on any atom is 0.295 e. The first-order valence-corrected chi connectivity index (χ1v) is 7.82. The summed E-state index contributed by atoms with van der Waals surface area (Å²) in [4.78, 5) is 0. The van der Waals surface area contributed by atoms with Crippen LogP contribution in [0.25, 0.3) is 0 Å². The third-order valence-corrected chi connectivity index (χ3v) is 4.39. The number of alkyl halides is 2. The summed E-state index contributed by atoms with van der Waals surface area (Å²) >= 11 is -1.20. The lowest BCUT2D eigenvalue weighted by Crippen LogP contribution is -2.31. The second-order valence-corrected chi connectivity index (χ2v) is 6.49. The van der Waals surface area contributed by atoms with Crippen molar-refractivity contribution in [1.29, 1.82) is 0 Å². The van der Waals surface area contributed by atoms with E-state index in [0.717, 1.165) is 0 Å². The summed E-state index contributed by atoms with van der Waals surface area (Å²) in [6, 6.07) is 5.51. The molecule has 3 nitrogen and oxygen atoms in total. The molecule has 0 saturated carbocycles. The molecule has 1 aromatic carbocycles. The van der Waals surface area contributed by atoms with E-state index in [1.165, 1.54) is 18.2 Å². The van der Waals surface area contributed by atoms with E-state index in [-0.39, 0.29) is 11.6 Å². The number of hydrogen-bond donors (Lipinski definition) is 2. The van der Waals surface area contributed by atoms with Crippen LogP contribution in [0.1, 0.15) is 37.9 Å². The first-order chi connectivity index (χ1) is 9.26. The van der Waals surface area contributed by atoms with Crippen molar-refractivity contribution in [2.24, 2.45) is 5.92 Å². The predicted octanol–water partition coefficient (Wildman–Crippen LogP) is 2.74. The Balaban J connectivity index is 2.79. The Morgan fingerprint density at radius 2 is 2.00 bits per heavy atom. The van der Waals surface area contributed by atoms with Crippen molar-refractivity contribution in [2.45, 2.75) is 32.7 Å². The minimum Gasteiger partial charge on any atom is -0.598 e. The van der Waals surface area contributed by atoms with Crippen molar-refractivity contribution in [3.05, 3.63) is 35.4 Å². The van der Waals surface area contributed by atoms with Crippen LogP contribution in [-0.4, -0.2) is 22.0 Å². The van der Waals surface area contributed by atoms with E-state index in [9.17, 15) is 13.3 Å². The zero-order valence-corrected chi connectivity index (χ0v) is 12.7. The second-order valence-electron chi connectivity index (χ2n) is 5.23. The van der Waals surface area contributed by atoms with Crippen LogP contribution in [0.15, 0.2) is 24.3 Å². The lowest BCUT2D eigenvalue weighted by Gasteiger charge is -2.20. The monoisotopic (exact) mass is 305 g/mol. The van der Waals surface area contributed by atoms with Gasteiger partial charge in [0.1, 0.15) is 12.4 Å². The highest BCUT2D eigenvalue weighted by atomic mass is 32.2. The van der Waals surface area contributed by atoms with Crippen LogP contribution in [0.3, 0.4) is 0 Å². The predicted molar refractivity (Wildman–Crippen MR) is 76.8 cm³/mol. The minimum absolute atomic E-state index is 0.235. The molecule has 0 spiro atoms. The van der Waals surface area contributed by atoms with Gasteiger partial charge in [-0.25, -0.2) is 0 Å². The molecule has 0 radical (unpaired) electrons. The van der Waals surface area contributed by atoms with Crippen molar-refractivity contribution >= 4 is 11.4 Å². The van der Waals surface area contributed by atoms with Gasteiger partial charge in [-0.3, -0.25) is 0 Å². The van der Waals surface area contributed by atoms with Crippen LogP contribution in [0.5, 0.6) is 0 Å². The lowest BCUT2D eigenvalue weighted by atomic mass is 10.0. The molecule has 0 bridgehead atoms. The molecule has 0 saturated heterocycles. The Morgan fingerprint density at radius 1 is 1.35 bits per heavy atom. The summed E-state index contributed by atoms with van der Waals surface area (Å²) < 4.78 is 41.5. The molecule has 0 aliphatic carbocycles. The van der Waals surface area contributed by atoms with Crippen molar-refractivity contribution in [2.75, 3.05) is 12.4 Å². The van der Waals surface area contributed by atoms with Crippen LogP contribution in [0, 0.1) is 5.92 Å². The average molecular weight is 305 g/mol. The fourth-order valence-electron chi connectivity index (χ4n) is 1.74. The maximum absolute atomic E-state index is 13.4. The van der Waals surface area contributed by atoms with Gasteiger partial charge in [0.05, 0.1) is 6.04 Å². The van der Waals surface area contributed by atoms with Gasteiger partial charge in [0.15, 0.2) is 0 Å². The van der Waals surface area contributed by atoms with E-state index in [0.29, 0.717) is 17.2 Å². The van der Waals surface area contributed by atoms with Crippen LogP contribution in [0.4, 0.5) is 8.78 Å². The van der Waals surface area contributed by atoms with Gasteiger partial charge in [0.2, 0.25) is 0 Å². The van der Waals surface area contributed by atoms with Crippen LogP contribution in [0.2, 0.25) is 0 Å². The molecule has 1 unspecified atom stereocenters. The number of aliphatic hydroxyl groups is 1. The summed E-state index contributed by atoms with van der Waals surface area (Å²) in [5.41, 5.74) is 0.383. The van der Waals surface area contributed by atoms with Gasteiger partial charge in [0, 0.05) is 16.9 Å². The minimum atomic E-state index is -3.26. The molecule has 0 fully saturated rings. The standard InChI is InChI=1S/C14H21F2NO2S/c1-10(2)8-20(19)17-11(3)12-5-4-6-13(7-12)14(15,16)9-18/h4-7,10-11,17-18H,8-9H2,1-3H3/t11-,20?/m1/s1. The van der Waals surface area contributed by atoms with Crippen molar-refractivity contribution in [1.82, 2.24) is 4.72 Å². The third kappa shape index (κ3) is 5.01. The maximum atomic E-state index is 13.4. The molecule has 0 heterocycles. The number of hydrogen-bond acceptors (Lipinski definition) is 3. The number of benzene rings is 1. The van der Waals surface area contributed by atoms with Crippen molar-refractivity contribution < 1.29 is 18.4 Å². The van der Waals surface area contributed by atoms with Crippen molar-refractivity contribution in [3.8, 4) is 0 Å². The summed E-state index contributed by atoms with van der Waals surface area (Å²) in [5, 5.41) is 8.71. The summed E-state index contributed by atoms with van der Waals surface area (Å²) in [5.74, 6) is -2.45. The van der Waals surface area contributed by atoms with Gasteiger partial charge in [-0.1, -0.05) is 32.0 Å². The molecule has 2 atom stereocenters. The molecule has 0 aromatic heterocycles. The molecule has 0 aliphatic rings. The quantitative estimate of drug-likeness (QED) is 0.762. The number of halogens is 2. The Hall–Kier alpha value is -0.690. The smallest absolute Gasteiger partial charge is 0.295 e. The highest BCUT2D eigenvalue weighted by Gasteiger charge is 2.31. The molecule has 0 amide bonds. The van der Waals surface area contributed by atoms with Gasteiger partial charge < -0.3 is 9.66 Å². The Kier molecular flexibility index (Phi) is 6.39. The van der Waals surface area contributed by atoms with E-state index in [4.69, 9.17) is 5.11 Å². The zero-order chi connectivity index (χ0) is 15.3. The fourth-order valence-corrected chi connectivity index (χ4v) is 2.98. The van der Waals surface area contributed by atoms with Crippen molar-refractivity contribution in [3.63, 3.8) is 0 Å². The van der Waals surface area contributed by atoms with Gasteiger partial charge >= 0.3 is 0 Å². The normalized spacial score (nSPS) is 15.4. The topological polar surface area (TPSA) is 55.3 Å². The number of rotatable bonds is 7. The van der Waals surface area contributed by atoms with E-state index in [2.05, 4.69) is 4.72 Å². The Labute approximate surface area is 121 Å². The van der Waals surface area contributed by atoms with Crippen LogP contribution < -0.4 is 4.72 Å². The average Bonchev–Trinajstić information content (AvgIpc) is 2.37. The highest BCUT2D eigenvalue weighted by molar-refractivity contribution is 7.89. The van der Waals surface area contributed by atoms with E-state index in [1.807, 2.05) is 13.8 Å². The van der Waals surface area contributed by atoms with Crippen LogP contribution in [-0.2, 0) is 17.3 Å². The Bertz CT molecular complexity index is 429. The molecule has 114 valence electrons. The number of nitrogens with one attached hydrogen (secondary N) is 1. The van der Waals surface area contributed by atoms with E-state index in [1.54, 1.807) is 13.0 Å². The van der Waals surface area contributed by atoms with Gasteiger partial charge in [0.25, 0.3) is 5.92 Å². The molecule has 2 N–H and O–H groups in total. The molecule has 0 aliphatic heterocycles. The molecule has 1 rings (SSSR count). The second kappa shape index (κ2) is 7.36.